The van der Waals surface area contributed by atoms with Crippen molar-refractivity contribution in [2.24, 2.45) is 0 Å². The van der Waals surface area contributed by atoms with Crippen LogP contribution in [-0.4, -0.2) is 62.9 Å². The Kier molecular flexibility index (Phi) is 6.80. The molecule has 4 atom stereocenters. The van der Waals surface area contributed by atoms with Crippen LogP contribution in [-0.2, 0) is 0 Å². The number of hydrogen-bond donors (Lipinski definition) is 5. The molecule has 0 saturated carbocycles. The quantitative estimate of drug-likeness (QED) is 0.277. The fraction of sp³-hybridized carbons (Fsp3) is 0.280. The van der Waals surface area contributed by atoms with E-state index in [4.69, 9.17) is 0 Å². The van der Waals surface area contributed by atoms with E-state index in [9.17, 15) is 30.5 Å². The maximum Gasteiger partial charge on any atom is 0.292 e. The van der Waals surface area contributed by atoms with Crippen molar-refractivity contribution < 1.29 is 25.3 Å². The second-order valence-electron chi connectivity index (χ2n) is 8.48. The van der Waals surface area contributed by atoms with Gasteiger partial charge in [-0.3, -0.25) is 10.1 Å². The molecule has 4 rings (SSSR count). The number of nitrogens with zero attached hydrogens (tertiary/aromatic N) is 2. The van der Waals surface area contributed by atoms with E-state index in [1.807, 2.05) is 54.6 Å². The lowest BCUT2D eigenvalue weighted by Gasteiger charge is -2.44. The number of nitro groups is 1. The molecular weight excluding hydrogens is 438 g/mol. The lowest BCUT2D eigenvalue weighted by atomic mass is 9.93. The number of nitro benzene ring substituents is 1. The van der Waals surface area contributed by atoms with Crippen LogP contribution in [0.2, 0.25) is 0 Å². The third-order valence-corrected chi connectivity index (χ3v) is 6.16. The highest BCUT2D eigenvalue weighted by atomic mass is 16.6. The Hall–Kier alpha value is -3.50. The molecule has 178 valence electrons. The number of anilines is 3. The van der Waals surface area contributed by atoms with Crippen molar-refractivity contribution >= 4 is 22.7 Å². The first kappa shape index (κ1) is 23.7. The van der Waals surface area contributed by atoms with Crippen molar-refractivity contribution in [1.29, 1.82) is 0 Å². The first-order valence-corrected chi connectivity index (χ1v) is 10.9. The molecule has 0 bridgehead atoms. The molecule has 34 heavy (non-hydrogen) atoms. The van der Waals surface area contributed by atoms with Gasteiger partial charge in [0.05, 0.1) is 23.7 Å². The molecule has 0 unspecified atom stereocenters. The second kappa shape index (κ2) is 9.78. The number of aliphatic hydroxyl groups excluding tert-OH is 4. The molecule has 3 aromatic rings. The third-order valence-electron chi connectivity index (χ3n) is 6.16. The van der Waals surface area contributed by atoms with Crippen molar-refractivity contribution in [2.45, 2.75) is 31.3 Å². The van der Waals surface area contributed by atoms with Crippen molar-refractivity contribution in [3.05, 3.63) is 82.4 Å². The molecular formula is C25H27N3O6. The minimum absolute atomic E-state index is 0.0151. The highest BCUT2D eigenvalue weighted by molar-refractivity contribution is 5.73. The predicted octanol–water partition coefficient (Wildman–Crippen LogP) is 2.58. The predicted molar refractivity (Wildman–Crippen MR) is 129 cm³/mol. The van der Waals surface area contributed by atoms with E-state index < -0.39 is 29.3 Å². The maximum atomic E-state index is 11.3. The van der Waals surface area contributed by atoms with E-state index in [0.717, 1.165) is 16.7 Å². The Balaban J connectivity index is 1.50. The van der Waals surface area contributed by atoms with Crippen LogP contribution in [0.5, 0.6) is 0 Å². The normalized spacial score (nSPS) is 22.4. The highest BCUT2D eigenvalue weighted by Gasteiger charge is 2.41. The van der Waals surface area contributed by atoms with E-state index in [0.29, 0.717) is 17.1 Å². The molecule has 1 heterocycles. The third kappa shape index (κ3) is 4.73. The Bertz CT molecular complexity index is 1150. The van der Waals surface area contributed by atoms with Crippen molar-refractivity contribution in [2.75, 3.05) is 23.4 Å². The lowest BCUT2D eigenvalue weighted by molar-refractivity contribution is -0.384. The lowest BCUT2D eigenvalue weighted by Crippen LogP contribution is -2.62. The fourth-order valence-corrected chi connectivity index (χ4v) is 4.23. The summed E-state index contributed by atoms with van der Waals surface area (Å²) in [6.45, 7) is 1.54. The van der Waals surface area contributed by atoms with E-state index in [1.165, 1.54) is 6.07 Å². The molecule has 1 aliphatic rings. The second-order valence-corrected chi connectivity index (χ2v) is 8.48. The summed E-state index contributed by atoms with van der Waals surface area (Å²) in [6.07, 6.45) is -3.69. The van der Waals surface area contributed by atoms with Crippen LogP contribution in [0.25, 0.3) is 11.1 Å². The summed E-state index contributed by atoms with van der Waals surface area (Å²) >= 11 is 0. The van der Waals surface area contributed by atoms with Gasteiger partial charge in [0.1, 0.15) is 17.9 Å². The summed E-state index contributed by atoms with van der Waals surface area (Å²) in [5, 5.41) is 54.3. The molecule has 9 nitrogen and oxygen atoms in total. The van der Waals surface area contributed by atoms with E-state index in [-0.39, 0.29) is 18.8 Å². The Morgan fingerprint density at radius 3 is 2.18 bits per heavy atom. The summed E-state index contributed by atoms with van der Waals surface area (Å²) < 4.78 is 0. The molecule has 5 N–H and O–H groups in total. The zero-order valence-corrected chi connectivity index (χ0v) is 18.6. The molecule has 0 amide bonds. The molecule has 9 heteroatoms. The smallest absolute Gasteiger partial charge is 0.292 e. The first-order chi connectivity index (χ1) is 16.3. The summed E-state index contributed by atoms with van der Waals surface area (Å²) in [4.78, 5) is 12.6. The highest BCUT2D eigenvalue weighted by Crippen LogP contribution is 2.31. The Morgan fingerprint density at radius 1 is 0.971 bits per heavy atom. The molecule has 3 aromatic carbocycles. The summed E-state index contributed by atoms with van der Waals surface area (Å²) in [6, 6.07) is 19.2. The average Bonchev–Trinajstić information content (AvgIpc) is 2.84. The number of aryl methyl sites for hydroxylation is 1. The number of piperidine rings is 1. The molecule has 0 radical (unpaired) electrons. The van der Waals surface area contributed by atoms with Crippen molar-refractivity contribution in [3.8, 4) is 11.1 Å². The molecule has 0 aromatic heterocycles. The minimum atomic E-state index is -1.30. The zero-order chi connectivity index (χ0) is 24.4. The van der Waals surface area contributed by atoms with Gasteiger partial charge in [-0.2, -0.15) is 0 Å². The number of rotatable bonds is 6. The van der Waals surface area contributed by atoms with E-state index in [1.54, 1.807) is 17.9 Å². The van der Waals surface area contributed by atoms with Gasteiger partial charge in [-0.15, -0.1) is 0 Å². The van der Waals surface area contributed by atoms with Gasteiger partial charge in [0.2, 0.25) is 0 Å². The zero-order valence-electron chi connectivity index (χ0n) is 18.6. The maximum absolute atomic E-state index is 11.3. The van der Waals surface area contributed by atoms with Crippen molar-refractivity contribution in [1.82, 2.24) is 0 Å². The number of nitrogens with one attached hydrogen (secondary N) is 1. The Labute approximate surface area is 196 Å². The molecule has 1 saturated heterocycles. The fourth-order valence-electron chi connectivity index (χ4n) is 4.23. The SMILES string of the molecule is Cc1ccc(Nc2ccc(-c3ccc(N4C[C@H](O)[C@@H](O)[C@H](O)[C@H]4CO)cc3)cc2)c([N+](=O)[O-])c1. The van der Waals surface area contributed by atoms with Crippen LogP contribution in [0.3, 0.4) is 0 Å². The van der Waals surface area contributed by atoms with Crippen LogP contribution in [0.1, 0.15) is 5.56 Å². The monoisotopic (exact) mass is 465 g/mol. The minimum Gasteiger partial charge on any atom is -0.394 e. The number of aliphatic hydroxyl groups is 4. The van der Waals surface area contributed by atoms with Gasteiger partial charge in [-0.25, -0.2) is 0 Å². The van der Waals surface area contributed by atoms with Gasteiger partial charge in [-0.05, 0) is 53.9 Å². The van der Waals surface area contributed by atoms with Gasteiger partial charge in [0.15, 0.2) is 0 Å². The molecule has 1 fully saturated rings. The largest absolute Gasteiger partial charge is 0.394 e. The topological polar surface area (TPSA) is 139 Å². The summed E-state index contributed by atoms with van der Waals surface area (Å²) in [5.74, 6) is 0. The van der Waals surface area contributed by atoms with Gasteiger partial charge in [0, 0.05) is 24.0 Å². The van der Waals surface area contributed by atoms with Gasteiger partial charge in [0.25, 0.3) is 5.69 Å². The standard InChI is InChI=1S/C25H27N3O6/c1-15-2-11-20(21(12-15)28(33)34)26-18-7-3-16(4-8-18)17-5-9-19(10-6-17)27-13-23(30)25(32)24(31)22(27)14-29/h2-12,22-26,29-32H,13-14H2,1H3/t22-,23+,24-,25-/m1/s1. The Morgan fingerprint density at radius 2 is 1.59 bits per heavy atom. The first-order valence-electron chi connectivity index (χ1n) is 10.9. The van der Waals surface area contributed by atoms with Crippen LogP contribution in [0.15, 0.2) is 66.7 Å². The van der Waals surface area contributed by atoms with Gasteiger partial charge >= 0.3 is 0 Å². The van der Waals surface area contributed by atoms with Crippen LogP contribution in [0, 0.1) is 17.0 Å². The van der Waals surface area contributed by atoms with Crippen molar-refractivity contribution in [3.63, 3.8) is 0 Å². The van der Waals surface area contributed by atoms with Gasteiger partial charge < -0.3 is 30.6 Å². The molecule has 0 spiro atoms. The summed E-state index contributed by atoms with van der Waals surface area (Å²) in [5.41, 5.74) is 4.53. The number of β-amino-alcohol motifs (C(OH)–C–C–N with tert-alkyl or cyclic N) is 1. The van der Waals surface area contributed by atoms with Gasteiger partial charge in [-0.1, -0.05) is 30.3 Å². The molecule has 0 aliphatic carbocycles. The van der Waals surface area contributed by atoms with Crippen LogP contribution >= 0.6 is 0 Å². The molecule has 1 aliphatic heterocycles. The van der Waals surface area contributed by atoms with E-state index in [2.05, 4.69) is 5.32 Å². The van der Waals surface area contributed by atoms with E-state index >= 15 is 0 Å². The average molecular weight is 466 g/mol. The summed E-state index contributed by atoms with van der Waals surface area (Å²) in [7, 11) is 0. The number of benzene rings is 3. The van der Waals surface area contributed by atoms with Crippen LogP contribution in [0.4, 0.5) is 22.7 Å². The van der Waals surface area contributed by atoms with Crippen LogP contribution < -0.4 is 10.2 Å². The number of hydrogen-bond acceptors (Lipinski definition) is 8.